The highest BCUT2D eigenvalue weighted by Gasteiger charge is 2.07. The third-order valence-corrected chi connectivity index (χ3v) is 3.86. The highest BCUT2D eigenvalue weighted by atomic mass is 127. The van der Waals surface area contributed by atoms with E-state index < -0.39 is 0 Å². The van der Waals surface area contributed by atoms with Crippen LogP contribution in [0.2, 0.25) is 0 Å². The van der Waals surface area contributed by atoms with Gasteiger partial charge in [0.25, 0.3) is 0 Å². The van der Waals surface area contributed by atoms with E-state index in [2.05, 4.69) is 41.3 Å². The molecule has 1 aromatic carbocycles. The van der Waals surface area contributed by atoms with Gasteiger partial charge in [-0.2, -0.15) is 0 Å². The second-order valence-corrected chi connectivity index (χ2v) is 6.52. The zero-order valence-corrected chi connectivity index (χ0v) is 17.6. The van der Waals surface area contributed by atoms with Gasteiger partial charge >= 0.3 is 0 Å². The van der Waals surface area contributed by atoms with Gasteiger partial charge in [-0.15, -0.1) is 34.2 Å². The molecular formula is C18H29IN6. The molecule has 1 heterocycles. The molecule has 2 aromatic rings. The molecule has 0 aliphatic carbocycles. The van der Waals surface area contributed by atoms with Crippen LogP contribution in [0.4, 0.5) is 0 Å². The minimum absolute atomic E-state index is 0. The van der Waals surface area contributed by atoms with Gasteiger partial charge in [0.2, 0.25) is 0 Å². The molecule has 0 spiro atoms. The first-order chi connectivity index (χ1) is 11.6. The highest BCUT2D eigenvalue weighted by Crippen LogP contribution is 2.10. The zero-order chi connectivity index (χ0) is 17.4. The predicted octanol–water partition coefficient (Wildman–Crippen LogP) is 3.50. The summed E-state index contributed by atoms with van der Waals surface area (Å²) in [5, 5.41) is 11.4. The van der Waals surface area contributed by atoms with E-state index in [1.807, 2.05) is 34.9 Å². The summed E-state index contributed by atoms with van der Waals surface area (Å²) in [6, 6.07) is 10.3. The molecule has 2 rings (SSSR count). The summed E-state index contributed by atoms with van der Waals surface area (Å²) in [4.78, 5) is 4.40. The SMILES string of the molecule is CC(C)CCCC(C)NC(N)=NCc1nncn1-c1ccccc1.I. The van der Waals surface area contributed by atoms with Crippen molar-refractivity contribution >= 4 is 29.9 Å². The Morgan fingerprint density at radius 1 is 1.20 bits per heavy atom. The molecule has 0 amide bonds. The van der Waals surface area contributed by atoms with E-state index in [0.717, 1.165) is 23.9 Å². The number of hydrogen-bond donors (Lipinski definition) is 2. The first-order valence-corrected chi connectivity index (χ1v) is 8.57. The van der Waals surface area contributed by atoms with Crippen LogP contribution in [0, 0.1) is 5.92 Å². The number of guanidine groups is 1. The van der Waals surface area contributed by atoms with Gasteiger partial charge < -0.3 is 11.1 Å². The van der Waals surface area contributed by atoms with Crippen LogP contribution in [0.5, 0.6) is 0 Å². The summed E-state index contributed by atoms with van der Waals surface area (Å²) >= 11 is 0. The summed E-state index contributed by atoms with van der Waals surface area (Å²) in [6.07, 6.45) is 5.22. The average molecular weight is 456 g/mol. The van der Waals surface area contributed by atoms with Gasteiger partial charge in [-0.1, -0.05) is 44.9 Å². The first-order valence-electron chi connectivity index (χ1n) is 8.57. The van der Waals surface area contributed by atoms with E-state index >= 15 is 0 Å². The monoisotopic (exact) mass is 456 g/mol. The Hall–Kier alpha value is -1.64. The Labute approximate surface area is 167 Å². The number of hydrogen-bond acceptors (Lipinski definition) is 3. The second kappa shape index (κ2) is 11.1. The van der Waals surface area contributed by atoms with Crippen LogP contribution in [0.15, 0.2) is 41.7 Å². The predicted molar refractivity (Wildman–Crippen MR) is 113 cm³/mol. The average Bonchev–Trinajstić information content (AvgIpc) is 3.02. The second-order valence-electron chi connectivity index (χ2n) is 6.52. The maximum Gasteiger partial charge on any atom is 0.189 e. The number of aliphatic imine (C=N–C) groups is 1. The minimum Gasteiger partial charge on any atom is -0.370 e. The smallest absolute Gasteiger partial charge is 0.189 e. The molecule has 0 aliphatic rings. The van der Waals surface area contributed by atoms with Crippen LogP contribution in [0.1, 0.15) is 45.9 Å². The van der Waals surface area contributed by atoms with Crippen molar-refractivity contribution in [3.05, 3.63) is 42.5 Å². The Balaban J connectivity index is 0.00000312. The zero-order valence-electron chi connectivity index (χ0n) is 15.2. The number of halogens is 1. The van der Waals surface area contributed by atoms with Crippen LogP contribution in [-0.4, -0.2) is 26.8 Å². The Morgan fingerprint density at radius 2 is 1.92 bits per heavy atom. The van der Waals surface area contributed by atoms with Gasteiger partial charge in [-0.3, -0.25) is 4.57 Å². The number of rotatable bonds is 8. The lowest BCUT2D eigenvalue weighted by atomic mass is 10.0. The highest BCUT2D eigenvalue weighted by molar-refractivity contribution is 14.0. The van der Waals surface area contributed by atoms with Crippen molar-refractivity contribution in [1.82, 2.24) is 20.1 Å². The fraction of sp³-hybridized carbons (Fsp3) is 0.500. The van der Waals surface area contributed by atoms with Gasteiger partial charge in [-0.25, -0.2) is 4.99 Å². The minimum atomic E-state index is 0. The van der Waals surface area contributed by atoms with Crippen molar-refractivity contribution < 1.29 is 0 Å². The lowest BCUT2D eigenvalue weighted by Gasteiger charge is -2.15. The molecule has 0 saturated heterocycles. The number of nitrogens with zero attached hydrogens (tertiary/aromatic N) is 4. The quantitative estimate of drug-likeness (QED) is 0.362. The van der Waals surface area contributed by atoms with E-state index in [4.69, 9.17) is 5.73 Å². The normalized spacial score (nSPS) is 12.7. The third-order valence-electron chi connectivity index (χ3n) is 3.86. The number of para-hydroxylation sites is 1. The molecule has 0 saturated carbocycles. The molecule has 0 radical (unpaired) electrons. The van der Waals surface area contributed by atoms with Crippen LogP contribution in [0.25, 0.3) is 5.69 Å². The van der Waals surface area contributed by atoms with Crippen molar-refractivity contribution in [3.63, 3.8) is 0 Å². The summed E-state index contributed by atoms with van der Waals surface area (Å²) in [6.45, 7) is 7.02. The molecule has 0 fully saturated rings. The van der Waals surface area contributed by atoms with E-state index in [1.165, 1.54) is 12.8 Å². The lowest BCUT2D eigenvalue weighted by Crippen LogP contribution is -2.38. The molecule has 1 atom stereocenters. The molecule has 3 N–H and O–H groups in total. The molecular weight excluding hydrogens is 427 g/mol. The van der Waals surface area contributed by atoms with Gasteiger partial charge in [0.15, 0.2) is 11.8 Å². The van der Waals surface area contributed by atoms with Gasteiger partial charge in [0, 0.05) is 11.7 Å². The third kappa shape index (κ3) is 7.41. The van der Waals surface area contributed by atoms with Crippen molar-refractivity contribution in [1.29, 1.82) is 0 Å². The molecule has 1 unspecified atom stereocenters. The summed E-state index contributed by atoms with van der Waals surface area (Å²) in [5.41, 5.74) is 7.01. The molecule has 0 aliphatic heterocycles. The molecule has 6 nitrogen and oxygen atoms in total. The molecule has 1 aromatic heterocycles. The van der Waals surface area contributed by atoms with Gasteiger partial charge in [-0.05, 0) is 31.4 Å². The van der Waals surface area contributed by atoms with Crippen molar-refractivity contribution in [3.8, 4) is 5.69 Å². The lowest BCUT2D eigenvalue weighted by molar-refractivity contribution is 0.493. The molecule has 138 valence electrons. The fourth-order valence-electron chi connectivity index (χ4n) is 2.53. The first kappa shape index (κ1) is 21.4. The summed E-state index contributed by atoms with van der Waals surface area (Å²) in [5.74, 6) is 1.96. The Kier molecular flexibility index (Phi) is 9.48. The number of aromatic nitrogens is 3. The Morgan fingerprint density at radius 3 is 2.60 bits per heavy atom. The maximum absolute atomic E-state index is 5.99. The summed E-state index contributed by atoms with van der Waals surface area (Å²) in [7, 11) is 0. The van der Waals surface area contributed by atoms with Crippen LogP contribution < -0.4 is 11.1 Å². The molecule has 0 bridgehead atoms. The Bertz CT molecular complexity index is 638. The van der Waals surface area contributed by atoms with Crippen molar-refractivity contribution in [2.75, 3.05) is 0 Å². The van der Waals surface area contributed by atoms with Crippen LogP contribution in [-0.2, 0) is 6.54 Å². The van der Waals surface area contributed by atoms with E-state index in [1.54, 1.807) is 6.33 Å². The number of nitrogens with one attached hydrogen (secondary N) is 1. The van der Waals surface area contributed by atoms with E-state index in [9.17, 15) is 0 Å². The fourth-order valence-corrected chi connectivity index (χ4v) is 2.53. The van der Waals surface area contributed by atoms with E-state index in [-0.39, 0.29) is 24.0 Å². The molecule has 25 heavy (non-hydrogen) atoms. The van der Waals surface area contributed by atoms with Crippen LogP contribution >= 0.6 is 24.0 Å². The number of benzene rings is 1. The van der Waals surface area contributed by atoms with Gasteiger partial charge in [0.1, 0.15) is 12.9 Å². The number of nitrogens with two attached hydrogens (primary N) is 1. The van der Waals surface area contributed by atoms with Crippen molar-refractivity contribution in [2.45, 2.75) is 52.6 Å². The topological polar surface area (TPSA) is 81.1 Å². The largest absolute Gasteiger partial charge is 0.370 e. The van der Waals surface area contributed by atoms with E-state index in [0.29, 0.717) is 18.5 Å². The van der Waals surface area contributed by atoms with Crippen LogP contribution in [0.3, 0.4) is 0 Å². The van der Waals surface area contributed by atoms with Crippen molar-refractivity contribution in [2.24, 2.45) is 16.6 Å². The maximum atomic E-state index is 5.99. The molecule has 7 heteroatoms. The van der Waals surface area contributed by atoms with Gasteiger partial charge in [0.05, 0.1) is 0 Å². The summed E-state index contributed by atoms with van der Waals surface area (Å²) < 4.78 is 1.92. The standard InChI is InChI=1S/C18H28N6.HI/c1-14(2)8-7-9-15(3)22-18(19)20-12-17-23-21-13-24(17)16-10-5-4-6-11-16;/h4-6,10-11,13-15H,7-9,12H2,1-3H3,(H3,19,20,22);1H.